The lowest BCUT2D eigenvalue weighted by molar-refractivity contribution is 0.234. The molecule has 0 atom stereocenters. The number of carbonyl (C=O) groups is 1. The third kappa shape index (κ3) is 4.03. The maximum absolute atomic E-state index is 12.0. The second-order valence-corrected chi connectivity index (χ2v) is 5.82. The Kier molecular flexibility index (Phi) is 5.27. The average molecular weight is 312 g/mol. The lowest BCUT2D eigenvalue weighted by atomic mass is 10.1. The molecule has 4 nitrogen and oxygen atoms in total. The molecule has 122 valence electrons. The van der Waals surface area contributed by atoms with E-state index in [-0.39, 0.29) is 12.8 Å². The summed E-state index contributed by atoms with van der Waals surface area (Å²) >= 11 is 0. The van der Waals surface area contributed by atoms with Crippen LogP contribution in [0.4, 0.5) is 10.5 Å². The van der Waals surface area contributed by atoms with Crippen LogP contribution in [0.15, 0.2) is 30.3 Å². The number of nitrogens with one attached hydrogen (secondary N) is 2. The molecule has 2 aromatic rings. The second-order valence-electron chi connectivity index (χ2n) is 5.82. The summed E-state index contributed by atoms with van der Waals surface area (Å²) in [5, 5.41) is 5.58. The summed E-state index contributed by atoms with van der Waals surface area (Å²) in [6, 6.07) is 9.64. The number of aryl methyl sites for hydroxylation is 3. The summed E-state index contributed by atoms with van der Waals surface area (Å²) in [5.41, 5.74) is 6.35. The number of hydrogen-bond donors (Lipinski definition) is 2. The largest absolute Gasteiger partial charge is 0.473 e. The number of urea groups is 1. The van der Waals surface area contributed by atoms with Crippen molar-refractivity contribution >= 4 is 11.7 Å². The van der Waals surface area contributed by atoms with Crippen molar-refractivity contribution in [3.8, 4) is 5.75 Å². The fourth-order valence-electron chi connectivity index (χ4n) is 2.37. The molecule has 0 radical (unpaired) electrons. The van der Waals surface area contributed by atoms with Gasteiger partial charge in [-0.25, -0.2) is 4.79 Å². The van der Waals surface area contributed by atoms with E-state index in [1.165, 1.54) is 5.56 Å². The first-order valence-corrected chi connectivity index (χ1v) is 7.71. The lowest BCUT2D eigenvalue weighted by Crippen LogP contribution is -2.32. The Hall–Kier alpha value is -2.49. The third-order valence-electron chi connectivity index (χ3n) is 4.18. The van der Waals surface area contributed by atoms with Gasteiger partial charge in [-0.1, -0.05) is 24.3 Å². The molecule has 0 saturated carbocycles. The molecule has 2 rings (SSSR count). The zero-order valence-electron chi connectivity index (χ0n) is 14.4. The summed E-state index contributed by atoms with van der Waals surface area (Å²) in [5.74, 6) is 0.831. The van der Waals surface area contributed by atoms with Crippen LogP contribution < -0.4 is 15.4 Å². The van der Waals surface area contributed by atoms with E-state index in [0.29, 0.717) is 0 Å². The number of rotatable bonds is 4. The van der Waals surface area contributed by atoms with E-state index in [1.807, 2.05) is 58.9 Å². The fourth-order valence-corrected chi connectivity index (χ4v) is 2.37. The normalized spacial score (nSPS) is 10.3. The highest BCUT2D eigenvalue weighted by atomic mass is 16.5. The van der Waals surface area contributed by atoms with Gasteiger partial charge in [0, 0.05) is 5.69 Å². The van der Waals surface area contributed by atoms with Gasteiger partial charge in [-0.3, -0.25) is 0 Å². The minimum absolute atomic E-state index is 0.127. The van der Waals surface area contributed by atoms with Crippen LogP contribution in [0.3, 0.4) is 0 Å². The molecule has 0 heterocycles. The Morgan fingerprint density at radius 1 is 0.913 bits per heavy atom. The molecular formula is C19H24N2O2. The average Bonchev–Trinajstić information content (AvgIpc) is 2.51. The highest BCUT2D eigenvalue weighted by Crippen LogP contribution is 2.25. The van der Waals surface area contributed by atoms with Gasteiger partial charge in [-0.15, -0.1) is 0 Å². The van der Waals surface area contributed by atoms with Gasteiger partial charge >= 0.3 is 6.03 Å². The van der Waals surface area contributed by atoms with Gasteiger partial charge in [-0.05, 0) is 68.5 Å². The first kappa shape index (κ1) is 16.9. The van der Waals surface area contributed by atoms with E-state index in [2.05, 4.69) is 16.7 Å². The van der Waals surface area contributed by atoms with Gasteiger partial charge in [0.05, 0.1) is 0 Å². The van der Waals surface area contributed by atoms with Crippen molar-refractivity contribution in [2.75, 3.05) is 12.0 Å². The molecule has 0 aliphatic heterocycles. The van der Waals surface area contributed by atoms with Crippen molar-refractivity contribution in [1.29, 1.82) is 0 Å². The standard InChI is InChI=1S/C19H24N2O2/c1-12-7-6-8-17(15(12)4)21-19(22)20-11-23-18-14(3)10-9-13(2)16(18)5/h6-10H,11H2,1-5H3,(H2,20,21,22). The topological polar surface area (TPSA) is 50.4 Å². The van der Waals surface area contributed by atoms with E-state index in [9.17, 15) is 4.79 Å². The summed E-state index contributed by atoms with van der Waals surface area (Å²) in [6.07, 6.45) is 0. The predicted octanol–water partition coefficient (Wildman–Crippen LogP) is 4.39. The monoisotopic (exact) mass is 312 g/mol. The Morgan fingerprint density at radius 2 is 1.57 bits per heavy atom. The number of benzene rings is 2. The quantitative estimate of drug-likeness (QED) is 0.823. The number of carbonyl (C=O) groups excluding carboxylic acids is 1. The number of anilines is 1. The van der Waals surface area contributed by atoms with Gasteiger partial charge in [0.25, 0.3) is 0 Å². The van der Waals surface area contributed by atoms with E-state index in [1.54, 1.807) is 0 Å². The number of ether oxygens (including phenoxy) is 1. The van der Waals surface area contributed by atoms with E-state index in [4.69, 9.17) is 4.74 Å². The van der Waals surface area contributed by atoms with Gasteiger partial charge in [0.2, 0.25) is 0 Å². The van der Waals surface area contributed by atoms with Crippen molar-refractivity contribution in [3.63, 3.8) is 0 Å². The van der Waals surface area contributed by atoms with Gasteiger partial charge < -0.3 is 15.4 Å². The number of hydrogen-bond acceptors (Lipinski definition) is 2. The molecule has 23 heavy (non-hydrogen) atoms. The first-order chi connectivity index (χ1) is 10.9. The van der Waals surface area contributed by atoms with E-state index < -0.39 is 0 Å². The Morgan fingerprint density at radius 3 is 2.30 bits per heavy atom. The Balaban J connectivity index is 1.93. The zero-order valence-corrected chi connectivity index (χ0v) is 14.4. The maximum Gasteiger partial charge on any atom is 0.321 e. The van der Waals surface area contributed by atoms with Crippen LogP contribution in [0.5, 0.6) is 5.75 Å². The first-order valence-electron chi connectivity index (χ1n) is 7.71. The maximum atomic E-state index is 12.0. The summed E-state index contributed by atoms with van der Waals surface area (Å²) < 4.78 is 5.74. The molecule has 0 spiro atoms. The molecule has 2 N–H and O–H groups in total. The van der Waals surface area contributed by atoms with Crippen molar-refractivity contribution in [2.45, 2.75) is 34.6 Å². The van der Waals surface area contributed by atoms with Crippen LogP contribution in [0.2, 0.25) is 0 Å². The summed E-state index contributed by atoms with van der Waals surface area (Å²) in [6.45, 7) is 10.2. The van der Waals surface area contributed by atoms with Crippen LogP contribution in [0, 0.1) is 34.6 Å². The molecule has 4 heteroatoms. The smallest absolute Gasteiger partial charge is 0.321 e. The van der Waals surface area contributed by atoms with Crippen LogP contribution in [-0.4, -0.2) is 12.8 Å². The van der Waals surface area contributed by atoms with Crippen LogP contribution in [0.25, 0.3) is 0 Å². The van der Waals surface area contributed by atoms with Crippen molar-refractivity contribution in [3.05, 3.63) is 58.1 Å². The van der Waals surface area contributed by atoms with Crippen LogP contribution >= 0.6 is 0 Å². The summed E-state index contributed by atoms with van der Waals surface area (Å²) in [4.78, 5) is 12.0. The van der Waals surface area contributed by atoms with Gasteiger partial charge in [-0.2, -0.15) is 0 Å². The van der Waals surface area contributed by atoms with E-state index >= 15 is 0 Å². The molecule has 0 unspecified atom stereocenters. The van der Waals surface area contributed by atoms with Crippen LogP contribution in [-0.2, 0) is 0 Å². The SMILES string of the molecule is Cc1cccc(NC(=O)NCOc2c(C)ccc(C)c2C)c1C. The van der Waals surface area contributed by atoms with Crippen molar-refractivity contribution < 1.29 is 9.53 Å². The Bertz CT molecular complexity index is 724. The molecule has 0 aliphatic carbocycles. The predicted molar refractivity (Wildman–Crippen MR) is 94.2 cm³/mol. The van der Waals surface area contributed by atoms with Gasteiger partial charge in [0.1, 0.15) is 5.75 Å². The minimum Gasteiger partial charge on any atom is -0.473 e. The zero-order chi connectivity index (χ0) is 17.0. The van der Waals surface area contributed by atoms with Gasteiger partial charge in [0.15, 0.2) is 6.73 Å². The molecule has 0 aliphatic rings. The molecule has 0 saturated heterocycles. The molecule has 0 fully saturated rings. The van der Waals surface area contributed by atoms with Crippen LogP contribution in [0.1, 0.15) is 27.8 Å². The second kappa shape index (κ2) is 7.18. The Labute approximate surface area is 137 Å². The molecule has 0 aromatic heterocycles. The molecule has 0 bridgehead atoms. The van der Waals surface area contributed by atoms with Crippen molar-refractivity contribution in [1.82, 2.24) is 5.32 Å². The molecular weight excluding hydrogens is 288 g/mol. The lowest BCUT2D eigenvalue weighted by Gasteiger charge is -2.15. The number of amides is 2. The molecule has 2 amide bonds. The molecule has 2 aromatic carbocycles. The highest BCUT2D eigenvalue weighted by Gasteiger charge is 2.08. The third-order valence-corrected chi connectivity index (χ3v) is 4.18. The fraction of sp³-hybridized carbons (Fsp3) is 0.316. The minimum atomic E-state index is -0.276. The summed E-state index contributed by atoms with van der Waals surface area (Å²) in [7, 11) is 0. The van der Waals surface area contributed by atoms with E-state index in [0.717, 1.165) is 33.7 Å². The van der Waals surface area contributed by atoms with Crippen molar-refractivity contribution in [2.24, 2.45) is 0 Å². The highest BCUT2D eigenvalue weighted by molar-refractivity contribution is 5.90.